The number of hydrogen-bond donors (Lipinski definition) is 1. The van der Waals surface area contributed by atoms with Crippen molar-refractivity contribution in [2.75, 3.05) is 21.1 Å². The lowest BCUT2D eigenvalue weighted by Gasteiger charge is -2.34. The molecule has 0 saturated heterocycles. The Morgan fingerprint density at radius 1 is 1.30 bits per heavy atom. The summed E-state index contributed by atoms with van der Waals surface area (Å²) in [4.78, 5) is 14.6. The molecule has 0 amide bonds. The van der Waals surface area contributed by atoms with Crippen LogP contribution in [-0.4, -0.2) is 42.6 Å². The molecule has 1 atom stereocenters. The van der Waals surface area contributed by atoms with E-state index in [1.807, 2.05) is 27.3 Å². The molecule has 0 spiro atoms. The van der Waals surface area contributed by atoms with E-state index in [1.54, 1.807) is 0 Å². The van der Waals surface area contributed by atoms with Crippen LogP contribution in [0.5, 0.6) is 0 Å². The number of aromatic amines is 1. The predicted octanol–water partition coefficient (Wildman–Crippen LogP) is 1.74. The molecule has 0 unspecified atom stereocenters. The number of likely N-dealkylation sites (N-methyl/N-ethyl adjacent to an activating group) is 1. The van der Waals surface area contributed by atoms with Gasteiger partial charge in [0.1, 0.15) is 6.04 Å². The lowest BCUT2D eigenvalue weighted by molar-refractivity contribution is -0.889. The summed E-state index contributed by atoms with van der Waals surface area (Å²) >= 11 is 4.59. The van der Waals surface area contributed by atoms with Crippen molar-refractivity contribution in [1.82, 2.24) is 4.98 Å². The minimum Gasteiger partial charge on any atom is -0.544 e. The second-order valence-electron chi connectivity index (χ2n) is 5.78. The maximum absolute atomic E-state index is 11.4. The molecule has 2 aromatic rings. The van der Waals surface area contributed by atoms with Crippen LogP contribution in [0.25, 0.3) is 10.9 Å². The summed E-state index contributed by atoms with van der Waals surface area (Å²) < 4.78 is 2.70. The molecular formula is C14H16I2N2O2. The van der Waals surface area contributed by atoms with Crippen LogP contribution in [0.2, 0.25) is 0 Å². The molecule has 1 heterocycles. The second-order valence-corrected chi connectivity index (χ2v) is 8.11. The molecule has 1 aromatic carbocycles. The molecular weight excluding hydrogens is 482 g/mol. The molecule has 0 fully saturated rings. The highest BCUT2D eigenvalue weighted by Gasteiger charge is 2.26. The van der Waals surface area contributed by atoms with Crippen molar-refractivity contribution in [2.24, 2.45) is 0 Å². The smallest absolute Gasteiger partial charge is 0.133 e. The summed E-state index contributed by atoms with van der Waals surface area (Å²) in [5.41, 5.74) is 2.07. The van der Waals surface area contributed by atoms with Crippen LogP contribution < -0.4 is 5.11 Å². The Hall–Kier alpha value is -0.350. The third kappa shape index (κ3) is 3.28. The topological polar surface area (TPSA) is 55.9 Å². The molecule has 1 N–H and O–H groups in total. The van der Waals surface area contributed by atoms with Gasteiger partial charge < -0.3 is 19.4 Å². The number of nitrogens with one attached hydrogen (secondary N) is 1. The fourth-order valence-electron chi connectivity index (χ4n) is 2.23. The van der Waals surface area contributed by atoms with E-state index in [9.17, 15) is 9.90 Å². The highest BCUT2D eigenvalue weighted by atomic mass is 127. The number of nitrogens with zero attached hydrogens (tertiary/aromatic N) is 1. The first kappa shape index (κ1) is 16.0. The number of carbonyl (C=O) groups is 1. The molecule has 0 radical (unpaired) electrons. The van der Waals surface area contributed by atoms with Gasteiger partial charge in [-0.05, 0) is 62.9 Å². The fraction of sp³-hybridized carbons (Fsp3) is 0.357. The molecule has 6 heteroatoms. The summed E-state index contributed by atoms with van der Waals surface area (Å²) in [7, 11) is 5.63. The maximum atomic E-state index is 11.4. The van der Waals surface area contributed by atoms with E-state index >= 15 is 0 Å². The maximum Gasteiger partial charge on any atom is 0.133 e. The average molecular weight is 498 g/mol. The van der Waals surface area contributed by atoms with Crippen LogP contribution in [-0.2, 0) is 11.2 Å². The van der Waals surface area contributed by atoms with Crippen molar-refractivity contribution >= 4 is 62.1 Å². The molecule has 0 aliphatic heterocycles. The van der Waals surface area contributed by atoms with Crippen molar-refractivity contribution < 1.29 is 14.4 Å². The zero-order valence-electron chi connectivity index (χ0n) is 11.5. The normalized spacial score (nSPS) is 13.7. The van der Waals surface area contributed by atoms with Crippen LogP contribution in [0.15, 0.2) is 18.3 Å². The second kappa shape index (κ2) is 5.80. The number of benzene rings is 1. The minimum atomic E-state index is -1.01. The molecule has 0 bridgehead atoms. The Labute approximate surface area is 145 Å². The van der Waals surface area contributed by atoms with E-state index in [2.05, 4.69) is 62.3 Å². The number of carbonyl (C=O) groups excluding carboxylic acids is 1. The van der Waals surface area contributed by atoms with Crippen molar-refractivity contribution in [2.45, 2.75) is 12.5 Å². The molecule has 20 heavy (non-hydrogen) atoms. The average Bonchev–Trinajstić information content (AvgIpc) is 2.67. The molecule has 0 aliphatic carbocycles. The zero-order valence-corrected chi connectivity index (χ0v) is 15.9. The van der Waals surface area contributed by atoms with Gasteiger partial charge in [0.25, 0.3) is 0 Å². The number of fused-ring (bicyclic) bond motifs is 1. The van der Waals surface area contributed by atoms with Gasteiger partial charge in [0.15, 0.2) is 0 Å². The van der Waals surface area contributed by atoms with Gasteiger partial charge in [-0.3, -0.25) is 0 Å². The van der Waals surface area contributed by atoms with E-state index < -0.39 is 12.0 Å². The van der Waals surface area contributed by atoms with E-state index in [1.165, 1.54) is 7.14 Å². The number of rotatable bonds is 4. The van der Waals surface area contributed by atoms with Crippen molar-refractivity contribution in [3.05, 3.63) is 31.0 Å². The number of aliphatic carboxylic acids is 1. The highest BCUT2D eigenvalue weighted by molar-refractivity contribution is 14.1. The molecule has 4 nitrogen and oxygen atoms in total. The lowest BCUT2D eigenvalue weighted by atomic mass is 10.0. The Morgan fingerprint density at radius 3 is 2.45 bits per heavy atom. The van der Waals surface area contributed by atoms with Crippen molar-refractivity contribution in [3.63, 3.8) is 0 Å². The van der Waals surface area contributed by atoms with Gasteiger partial charge in [0.05, 0.1) is 27.1 Å². The summed E-state index contributed by atoms with van der Waals surface area (Å²) in [6, 6.07) is 3.62. The van der Waals surface area contributed by atoms with Gasteiger partial charge in [-0.1, -0.05) is 0 Å². The van der Waals surface area contributed by atoms with Gasteiger partial charge in [-0.25, -0.2) is 0 Å². The number of halogens is 2. The number of quaternary nitrogens is 1. The van der Waals surface area contributed by atoms with Crippen LogP contribution in [0.1, 0.15) is 5.56 Å². The molecule has 1 aromatic heterocycles. The lowest BCUT2D eigenvalue weighted by Crippen LogP contribution is -2.55. The standard InChI is InChI=1S/C14H16I2N2O2/c1-18(2,3)13(14(19)20)4-8-7-17-12-6-11(16)10(15)5-9(8)12/h5-7,13,17H,4H2,1-3H3/t13-/m0/s1. The fourth-order valence-corrected chi connectivity index (χ4v) is 3.16. The quantitative estimate of drug-likeness (QED) is 0.517. The van der Waals surface area contributed by atoms with Crippen molar-refractivity contribution in [1.29, 1.82) is 0 Å². The molecule has 2 rings (SSSR count). The summed E-state index contributed by atoms with van der Waals surface area (Å²) in [6.07, 6.45) is 2.37. The van der Waals surface area contributed by atoms with E-state index in [0.29, 0.717) is 10.9 Å². The Morgan fingerprint density at radius 2 is 1.90 bits per heavy atom. The monoisotopic (exact) mass is 498 g/mol. The van der Waals surface area contributed by atoms with Crippen LogP contribution in [0.4, 0.5) is 0 Å². The molecule has 108 valence electrons. The van der Waals surface area contributed by atoms with Gasteiger partial charge in [-0.15, -0.1) is 0 Å². The third-order valence-electron chi connectivity index (χ3n) is 3.43. The highest BCUT2D eigenvalue weighted by Crippen LogP contribution is 2.26. The van der Waals surface area contributed by atoms with Crippen LogP contribution >= 0.6 is 45.2 Å². The molecule has 0 aliphatic rings. The van der Waals surface area contributed by atoms with Crippen LogP contribution in [0, 0.1) is 7.14 Å². The summed E-state index contributed by atoms with van der Waals surface area (Å²) in [5, 5.41) is 12.5. The van der Waals surface area contributed by atoms with Crippen molar-refractivity contribution in [3.8, 4) is 0 Å². The third-order valence-corrected chi connectivity index (χ3v) is 6.25. The Kier molecular flexibility index (Phi) is 4.65. The van der Waals surface area contributed by atoms with Gasteiger partial charge >= 0.3 is 0 Å². The Bertz CT molecular complexity index is 659. The van der Waals surface area contributed by atoms with E-state index in [0.717, 1.165) is 16.5 Å². The largest absolute Gasteiger partial charge is 0.544 e. The number of carboxylic acids is 1. The first-order valence-corrected chi connectivity index (χ1v) is 8.33. The minimum absolute atomic E-state index is 0.344. The first-order valence-electron chi connectivity index (χ1n) is 6.17. The SMILES string of the molecule is C[N+](C)(C)[C@@H](Cc1c[nH]c2cc(I)c(I)cc12)C(=O)[O-]. The van der Waals surface area contributed by atoms with Crippen LogP contribution in [0.3, 0.4) is 0 Å². The van der Waals surface area contributed by atoms with Gasteiger partial charge in [0.2, 0.25) is 0 Å². The number of hydrogen-bond acceptors (Lipinski definition) is 2. The number of carboxylic acid groups (broad SMARTS) is 1. The first-order chi connectivity index (χ1) is 9.20. The van der Waals surface area contributed by atoms with E-state index in [-0.39, 0.29) is 0 Å². The zero-order chi connectivity index (χ0) is 15.1. The predicted molar refractivity (Wildman–Crippen MR) is 94.3 cm³/mol. The summed E-state index contributed by atoms with van der Waals surface area (Å²) in [6.45, 7) is 0. The van der Waals surface area contributed by atoms with Gasteiger partial charge in [0, 0.05) is 30.7 Å². The number of aromatic nitrogens is 1. The number of H-pyrrole nitrogens is 1. The summed E-state index contributed by atoms with van der Waals surface area (Å²) in [5.74, 6) is -1.01. The van der Waals surface area contributed by atoms with E-state index in [4.69, 9.17) is 0 Å². The van der Waals surface area contributed by atoms with Gasteiger partial charge in [-0.2, -0.15) is 0 Å². The Balaban J connectivity index is 2.43. The molecule has 0 saturated carbocycles.